The van der Waals surface area contributed by atoms with Crippen molar-refractivity contribution in [2.75, 3.05) is 0 Å². The van der Waals surface area contributed by atoms with Gasteiger partial charge in [-0.15, -0.1) is 0 Å². The predicted octanol–water partition coefficient (Wildman–Crippen LogP) is 3.39. The summed E-state index contributed by atoms with van der Waals surface area (Å²) in [6, 6.07) is 0. The largest absolute Gasteiger partial charge is 0.392 e. The quantitative estimate of drug-likeness (QED) is 0.671. The maximum Gasteiger partial charge on any atom is 0.0633 e. The molecular formula is C13H24O. The van der Waals surface area contributed by atoms with Gasteiger partial charge in [-0.25, -0.2) is 0 Å². The molecule has 0 radical (unpaired) electrons. The molecule has 1 nitrogen and oxygen atoms in total. The first-order valence-corrected chi connectivity index (χ1v) is 5.77. The Morgan fingerprint density at radius 3 is 2.43 bits per heavy atom. The first-order valence-electron chi connectivity index (χ1n) is 5.77. The van der Waals surface area contributed by atoms with Gasteiger partial charge in [0.1, 0.15) is 0 Å². The summed E-state index contributed by atoms with van der Waals surface area (Å²) in [6.07, 6.45) is 7.82. The van der Waals surface area contributed by atoms with Gasteiger partial charge < -0.3 is 5.11 Å². The van der Waals surface area contributed by atoms with Gasteiger partial charge in [0.15, 0.2) is 0 Å². The van der Waals surface area contributed by atoms with Crippen LogP contribution in [-0.4, -0.2) is 11.2 Å². The van der Waals surface area contributed by atoms with Crippen LogP contribution in [0.3, 0.4) is 0 Å². The van der Waals surface area contributed by atoms with Crippen molar-refractivity contribution in [1.29, 1.82) is 0 Å². The van der Waals surface area contributed by atoms with Crippen molar-refractivity contribution in [3.05, 3.63) is 12.2 Å². The number of hydrogen-bond donors (Lipinski definition) is 1. The molecule has 0 aliphatic heterocycles. The highest BCUT2D eigenvalue weighted by molar-refractivity contribution is 4.98. The second kappa shape index (κ2) is 4.48. The molecule has 0 heterocycles. The van der Waals surface area contributed by atoms with Gasteiger partial charge in [-0.2, -0.15) is 0 Å². The second-order valence-electron chi connectivity index (χ2n) is 5.67. The summed E-state index contributed by atoms with van der Waals surface area (Å²) < 4.78 is 0. The fourth-order valence-electron chi connectivity index (χ4n) is 2.01. The zero-order valence-electron chi connectivity index (χ0n) is 9.96. The van der Waals surface area contributed by atoms with E-state index >= 15 is 0 Å². The van der Waals surface area contributed by atoms with E-state index in [1.807, 2.05) is 0 Å². The van der Waals surface area contributed by atoms with E-state index < -0.39 is 0 Å². The summed E-state index contributed by atoms with van der Waals surface area (Å²) in [5.74, 6) is 0.744. The van der Waals surface area contributed by atoms with E-state index in [4.69, 9.17) is 0 Å². The highest BCUT2D eigenvalue weighted by Gasteiger charge is 2.31. The molecule has 0 saturated heterocycles. The van der Waals surface area contributed by atoms with Crippen LogP contribution in [0.4, 0.5) is 0 Å². The Morgan fingerprint density at radius 2 is 2.00 bits per heavy atom. The Hall–Kier alpha value is -0.300. The average Bonchev–Trinajstić information content (AvgIpc) is 2.15. The minimum atomic E-state index is -0.174. The molecule has 0 fully saturated rings. The summed E-state index contributed by atoms with van der Waals surface area (Å²) in [6.45, 7) is 8.77. The SMILES string of the molecule is CC(C(O)C1C=CCCC1)C(C)(C)C. The maximum absolute atomic E-state index is 10.2. The third-order valence-electron chi connectivity index (χ3n) is 3.61. The van der Waals surface area contributed by atoms with Crippen molar-refractivity contribution in [2.24, 2.45) is 17.3 Å². The number of aliphatic hydroxyl groups is 1. The van der Waals surface area contributed by atoms with Crippen LogP contribution in [-0.2, 0) is 0 Å². The van der Waals surface area contributed by atoms with Crippen LogP contribution < -0.4 is 0 Å². The fourth-order valence-corrected chi connectivity index (χ4v) is 2.01. The van der Waals surface area contributed by atoms with Crippen molar-refractivity contribution in [3.63, 3.8) is 0 Å². The highest BCUT2D eigenvalue weighted by atomic mass is 16.3. The summed E-state index contributed by atoms with van der Waals surface area (Å²) in [5, 5.41) is 10.2. The summed E-state index contributed by atoms with van der Waals surface area (Å²) in [4.78, 5) is 0. The van der Waals surface area contributed by atoms with E-state index in [1.165, 1.54) is 12.8 Å². The zero-order valence-corrected chi connectivity index (χ0v) is 9.96. The molecule has 1 heteroatoms. The molecule has 14 heavy (non-hydrogen) atoms. The van der Waals surface area contributed by atoms with Crippen molar-refractivity contribution < 1.29 is 5.11 Å². The summed E-state index contributed by atoms with van der Waals surface area (Å²) in [7, 11) is 0. The van der Waals surface area contributed by atoms with Gasteiger partial charge in [-0.05, 0) is 30.6 Å². The van der Waals surface area contributed by atoms with E-state index in [0.29, 0.717) is 11.8 Å². The van der Waals surface area contributed by atoms with Crippen LogP contribution in [0.25, 0.3) is 0 Å². The molecule has 0 saturated carbocycles. The molecular weight excluding hydrogens is 172 g/mol. The smallest absolute Gasteiger partial charge is 0.0633 e. The molecule has 0 bridgehead atoms. The van der Waals surface area contributed by atoms with Gasteiger partial charge in [0.25, 0.3) is 0 Å². The molecule has 1 N–H and O–H groups in total. The Labute approximate surface area is 88.2 Å². The lowest BCUT2D eigenvalue weighted by atomic mass is 9.73. The van der Waals surface area contributed by atoms with Crippen molar-refractivity contribution >= 4 is 0 Å². The minimum Gasteiger partial charge on any atom is -0.392 e. The average molecular weight is 196 g/mol. The van der Waals surface area contributed by atoms with Crippen LogP contribution in [0.1, 0.15) is 47.0 Å². The molecule has 0 aromatic rings. The van der Waals surface area contributed by atoms with Gasteiger partial charge in [0.2, 0.25) is 0 Å². The van der Waals surface area contributed by atoms with Crippen molar-refractivity contribution in [2.45, 2.75) is 53.1 Å². The maximum atomic E-state index is 10.2. The van der Waals surface area contributed by atoms with Gasteiger partial charge in [-0.1, -0.05) is 39.8 Å². The molecule has 0 spiro atoms. The van der Waals surface area contributed by atoms with Crippen LogP contribution >= 0.6 is 0 Å². The topological polar surface area (TPSA) is 20.2 Å². The second-order valence-corrected chi connectivity index (χ2v) is 5.67. The minimum absolute atomic E-state index is 0.174. The van der Waals surface area contributed by atoms with Gasteiger partial charge >= 0.3 is 0 Å². The molecule has 1 rings (SSSR count). The molecule has 3 atom stereocenters. The number of hydrogen-bond acceptors (Lipinski definition) is 1. The van der Waals surface area contributed by atoms with Crippen LogP contribution in [0.5, 0.6) is 0 Å². The van der Waals surface area contributed by atoms with Gasteiger partial charge in [0, 0.05) is 5.92 Å². The molecule has 1 aliphatic rings. The van der Waals surface area contributed by atoms with Gasteiger partial charge in [0.05, 0.1) is 6.10 Å². The number of rotatable bonds is 2. The van der Waals surface area contributed by atoms with E-state index in [0.717, 1.165) is 6.42 Å². The van der Waals surface area contributed by atoms with Crippen LogP contribution in [0.2, 0.25) is 0 Å². The monoisotopic (exact) mass is 196 g/mol. The first kappa shape index (κ1) is 11.8. The van der Waals surface area contributed by atoms with Crippen molar-refractivity contribution in [1.82, 2.24) is 0 Å². The van der Waals surface area contributed by atoms with Crippen LogP contribution in [0.15, 0.2) is 12.2 Å². The molecule has 3 unspecified atom stereocenters. The highest BCUT2D eigenvalue weighted by Crippen LogP contribution is 2.34. The molecule has 0 aromatic heterocycles. The number of allylic oxidation sites excluding steroid dienone is 1. The first-order chi connectivity index (χ1) is 6.43. The lowest BCUT2D eigenvalue weighted by Crippen LogP contribution is -2.35. The standard InChI is InChI=1S/C13H24O/c1-10(13(2,3)4)12(14)11-8-6-5-7-9-11/h6,8,10-12,14H,5,7,9H2,1-4H3. The van der Waals surface area contributed by atoms with E-state index in [1.54, 1.807) is 0 Å². The molecule has 82 valence electrons. The normalized spacial score (nSPS) is 27.4. The Kier molecular flexibility index (Phi) is 3.77. The summed E-state index contributed by atoms with van der Waals surface area (Å²) >= 11 is 0. The van der Waals surface area contributed by atoms with Crippen molar-refractivity contribution in [3.8, 4) is 0 Å². The van der Waals surface area contributed by atoms with E-state index in [2.05, 4.69) is 39.8 Å². The Bertz CT molecular complexity index is 200. The zero-order chi connectivity index (χ0) is 10.8. The molecule has 1 aliphatic carbocycles. The molecule has 0 amide bonds. The molecule has 0 aromatic carbocycles. The summed E-state index contributed by atoms with van der Waals surface area (Å²) in [5.41, 5.74) is 0.199. The predicted molar refractivity (Wildman–Crippen MR) is 61.1 cm³/mol. The third kappa shape index (κ3) is 2.84. The number of aliphatic hydroxyl groups excluding tert-OH is 1. The van der Waals surface area contributed by atoms with E-state index in [-0.39, 0.29) is 11.5 Å². The van der Waals surface area contributed by atoms with Crippen LogP contribution in [0, 0.1) is 17.3 Å². The Morgan fingerprint density at radius 1 is 1.36 bits per heavy atom. The van der Waals surface area contributed by atoms with E-state index in [9.17, 15) is 5.11 Å². The van der Waals surface area contributed by atoms with Gasteiger partial charge in [-0.3, -0.25) is 0 Å². The lowest BCUT2D eigenvalue weighted by molar-refractivity contribution is 0.0198. The Balaban J connectivity index is 2.59. The lowest BCUT2D eigenvalue weighted by Gasteiger charge is -2.35. The third-order valence-corrected chi connectivity index (χ3v) is 3.61. The fraction of sp³-hybridized carbons (Fsp3) is 0.846.